The lowest BCUT2D eigenvalue weighted by Crippen LogP contribution is -2.57. The van der Waals surface area contributed by atoms with E-state index in [1.165, 1.54) is 0 Å². The minimum atomic E-state index is -0.474. The minimum absolute atomic E-state index is 0.0133. The lowest BCUT2D eigenvalue weighted by molar-refractivity contribution is -0.136. The number of nitrogens with one attached hydrogen (secondary N) is 2. The molecule has 0 aliphatic carbocycles. The highest BCUT2D eigenvalue weighted by molar-refractivity contribution is 5.86. The molecule has 2 N–H and O–H groups in total. The second-order valence-corrected chi connectivity index (χ2v) is 6.78. The van der Waals surface area contributed by atoms with Gasteiger partial charge in [0.05, 0.1) is 5.54 Å². The summed E-state index contributed by atoms with van der Waals surface area (Å²) in [5.41, 5.74) is -0.461. The van der Waals surface area contributed by atoms with Crippen molar-refractivity contribution in [1.82, 2.24) is 15.5 Å². The van der Waals surface area contributed by atoms with Crippen LogP contribution in [0.1, 0.15) is 48.0 Å². The number of hydrogen-bond acceptors (Lipinski definition) is 3. The monoisotopic (exact) mass is 255 g/mol. The molecule has 0 unspecified atom stereocenters. The summed E-state index contributed by atoms with van der Waals surface area (Å²) in [7, 11) is 0. The molecular formula is C14H29N3O. The maximum atomic E-state index is 12.5. The quantitative estimate of drug-likeness (QED) is 0.797. The Kier molecular flexibility index (Phi) is 4.78. The molecule has 18 heavy (non-hydrogen) atoms. The zero-order valence-electron chi connectivity index (χ0n) is 12.8. The summed E-state index contributed by atoms with van der Waals surface area (Å²) in [4.78, 5) is 14.4. The summed E-state index contributed by atoms with van der Waals surface area (Å²) in [6.07, 6.45) is 0.990. The Balaban J connectivity index is 2.65. The number of carbonyl (C=O) groups is 1. The van der Waals surface area contributed by atoms with Crippen molar-refractivity contribution >= 4 is 5.91 Å². The SMILES string of the molecule is CC(C)NCCN1CCC(C)(C)NC(C)(C)C1=O. The predicted octanol–water partition coefficient (Wildman–Crippen LogP) is 1.36. The summed E-state index contributed by atoms with van der Waals surface area (Å²) in [5, 5.41) is 6.83. The summed E-state index contributed by atoms with van der Waals surface area (Å²) >= 11 is 0. The second kappa shape index (κ2) is 5.57. The van der Waals surface area contributed by atoms with Gasteiger partial charge in [-0.3, -0.25) is 10.1 Å². The second-order valence-electron chi connectivity index (χ2n) is 6.78. The maximum Gasteiger partial charge on any atom is 0.242 e. The van der Waals surface area contributed by atoms with Crippen LogP contribution < -0.4 is 10.6 Å². The van der Waals surface area contributed by atoms with Crippen LogP contribution in [0.25, 0.3) is 0 Å². The van der Waals surface area contributed by atoms with Gasteiger partial charge in [-0.2, -0.15) is 0 Å². The van der Waals surface area contributed by atoms with E-state index >= 15 is 0 Å². The molecule has 0 saturated carbocycles. The van der Waals surface area contributed by atoms with Crippen molar-refractivity contribution in [2.75, 3.05) is 19.6 Å². The van der Waals surface area contributed by atoms with E-state index in [4.69, 9.17) is 0 Å². The van der Waals surface area contributed by atoms with Gasteiger partial charge in [-0.25, -0.2) is 0 Å². The molecule has 0 aromatic rings. The Morgan fingerprint density at radius 2 is 1.94 bits per heavy atom. The van der Waals surface area contributed by atoms with E-state index in [1.54, 1.807) is 0 Å². The molecule has 1 aliphatic heterocycles. The number of nitrogens with zero attached hydrogens (tertiary/aromatic N) is 1. The van der Waals surface area contributed by atoms with Gasteiger partial charge in [-0.05, 0) is 34.1 Å². The van der Waals surface area contributed by atoms with Crippen molar-refractivity contribution in [2.24, 2.45) is 0 Å². The first-order chi connectivity index (χ1) is 8.14. The Morgan fingerprint density at radius 3 is 2.50 bits per heavy atom. The largest absolute Gasteiger partial charge is 0.340 e. The third kappa shape index (κ3) is 4.25. The number of amides is 1. The topological polar surface area (TPSA) is 44.4 Å². The summed E-state index contributed by atoms with van der Waals surface area (Å²) in [5.74, 6) is 0.207. The van der Waals surface area contributed by atoms with Gasteiger partial charge in [0.1, 0.15) is 0 Å². The van der Waals surface area contributed by atoms with Crippen molar-refractivity contribution in [3.8, 4) is 0 Å². The molecule has 1 heterocycles. The van der Waals surface area contributed by atoms with Gasteiger partial charge < -0.3 is 10.2 Å². The highest BCUT2D eigenvalue weighted by Gasteiger charge is 2.39. The highest BCUT2D eigenvalue weighted by atomic mass is 16.2. The maximum absolute atomic E-state index is 12.5. The van der Waals surface area contributed by atoms with Gasteiger partial charge in [-0.15, -0.1) is 0 Å². The lowest BCUT2D eigenvalue weighted by atomic mass is 9.96. The van der Waals surface area contributed by atoms with Crippen molar-refractivity contribution in [3.05, 3.63) is 0 Å². The Labute approximate surface area is 111 Å². The fourth-order valence-electron chi connectivity index (χ4n) is 2.57. The van der Waals surface area contributed by atoms with E-state index in [2.05, 4.69) is 38.3 Å². The Morgan fingerprint density at radius 1 is 1.33 bits per heavy atom. The van der Waals surface area contributed by atoms with Crippen LogP contribution in [0, 0.1) is 0 Å². The molecule has 0 spiro atoms. The van der Waals surface area contributed by atoms with Gasteiger partial charge in [0.15, 0.2) is 0 Å². The van der Waals surface area contributed by atoms with Crippen LogP contribution in [0.4, 0.5) is 0 Å². The van der Waals surface area contributed by atoms with Crippen molar-refractivity contribution in [3.63, 3.8) is 0 Å². The molecule has 0 atom stereocenters. The molecular weight excluding hydrogens is 226 g/mol. The first-order valence-electron chi connectivity index (χ1n) is 6.96. The predicted molar refractivity (Wildman–Crippen MR) is 75.6 cm³/mol. The Hall–Kier alpha value is -0.610. The van der Waals surface area contributed by atoms with Crippen molar-refractivity contribution in [2.45, 2.75) is 65.1 Å². The van der Waals surface area contributed by atoms with Crippen LogP contribution in [0.3, 0.4) is 0 Å². The molecule has 4 nitrogen and oxygen atoms in total. The molecule has 0 bridgehead atoms. The molecule has 0 aromatic carbocycles. The number of carbonyl (C=O) groups excluding carboxylic acids is 1. The summed E-state index contributed by atoms with van der Waals surface area (Å²) < 4.78 is 0. The normalized spacial score (nSPS) is 23.3. The average Bonchev–Trinajstić information content (AvgIpc) is 2.26. The van der Waals surface area contributed by atoms with E-state index in [9.17, 15) is 4.79 Å². The molecule has 1 rings (SSSR count). The molecule has 4 heteroatoms. The number of rotatable bonds is 4. The van der Waals surface area contributed by atoms with Crippen LogP contribution in [-0.4, -0.2) is 47.6 Å². The third-order valence-electron chi connectivity index (χ3n) is 3.41. The van der Waals surface area contributed by atoms with Gasteiger partial charge in [0, 0.05) is 31.2 Å². The first-order valence-corrected chi connectivity index (χ1v) is 6.96. The van der Waals surface area contributed by atoms with Crippen LogP contribution in [0.15, 0.2) is 0 Å². The lowest BCUT2D eigenvalue weighted by Gasteiger charge is -2.33. The molecule has 1 saturated heterocycles. The summed E-state index contributed by atoms with van der Waals surface area (Å²) in [6.45, 7) is 15.0. The van der Waals surface area contributed by atoms with Crippen LogP contribution >= 0.6 is 0 Å². The molecule has 106 valence electrons. The van der Waals surface area contributed by atoms with E-state index in [1.807, 2.05) is 18.7 Å². The molecule has 0 aromatic heterocycles. The number of hydrogen-bond donors (Lipinski definition) is 2. The molecule has 1 fully saturated rings. The molecule has 1 amide bonds. The standard InChI is InChI=1S/C14H29N3O/c1-11(2)15-8-10-17-9-7-13(3,4)16-14(5,6)12(17)18/h11,15-16H,7-10H2,1-6H3. The molecule has 0 radical (unpaired) electrons. The average molecular weight is 255 g/mol. The first kappa shape index (κ1) is 15.4. The fourth-order valence-corrected chi connectivity index (χ4v) is 2.57. The minimum Gasteiger partial charge on any atom is -0.340 e. The van der Waals surface area contributed by atoms with E-state index in [-0.39, 0.29) is 11.4 Å². The van der Waals surface area contributed by atoms with E-state index < -0.39 is 5.54 Å². The third-order valence-corrected chi connectivity index (χ3v) is 3.41. The van der Waals surface area contributed by atoms with Crippen LogP contribution in [-0.2, 0) is 4.79 Å². The van der Waals surface area contributed by atoms with Gasteiger partial charge in [0.25, 0.3) is 0 Å². The Bertz CT molecular complexity index is 297. The summed E-state index contributed by atoms with van der Waals surface area (Å²) in [6, 6.07) is 0.467. The fraction of sp³-hybridized carbons (Fsp3) is 0.929. The zero-order valence-corrected chi connectivity index (χ0v) is 12.8. The van der Waals surface area contributed by atoms with E-state index in [0.717, 1.165) is 26.1 Å². The highest BCUT2D eigenvalue weighted by Crippen LogP contribution is 2.22. The van der Waals surface area contributed by atoms with Gasteiger partial charge >= 0.3 is 0 Å². The van der Waals surface area contributed by atoms with Crippen LogP contribution in [0.5, 0.6) is 0 Å². The van der Waals surface area contributed by atoms with Crippen molar-refractivity contribution < 1.29 is 4.79 Å². The van der Waals surface area contributed by atoms with Gasteiger partial charge in [0.2, 0.25) is 5.91 Å². The van der Waals surface area contributed by atoms with Gasteiger partial charge in [-0.1, -0.05) is 13.8 Å². The zero-order chi connectivity index (χ0) is 14.0. The smallest absolute Gasteiger partial charge is 0.242 e. The van der Waals surface area contributed by atoms with Crippen LogP contribution in [0.2, 0.25) is 0 Å². The van der Waals surface area contributed by atoms with E-state index in [0.29, 0.717) is 6.04 Å². The van der Waals surface area contributed by atoms with Crippen molar-refractivity contribution in [1.29, 1.82) is 0 Å². The molecule has 1 aliphatic rings.